The third kappa shape index (κ3) is 4.36. The molecule has 2 atom stereocenters. The fraction of sp³-hybridized carbons (Fsp3) is 0.375. The number of rotatable bonds is 6. The molecule has 1 saturated heterocycles. The van der Waals surface area contributed by atoms with E-state index >= 15 is 0 Å². The van der Waals surface area contributed by atoms with E-state index in [0.29, 0.717) is 12.1 Å². The number of methoxy groups -OCH3 is 1. The van der Waals surface area contributed by atoms with Gasteiger partial charge in [-0.05, 0) is 63.1 Å². The summed E-state index contributed by atoms with van der Waals surface area (Å²) in [5.74, 6) is 0.905. The predicted octanol–water partition coefficient (Wildman–Crippen LogP) is 4.08. The summed E-state index contributed by atoms with van der Waals surface area (Å²) in [6.45, 7) is 5.93. The Hall–Kier alpha value is -2.63. The molecule has 1 fully saturated rings. The van der Waals surface area contributed by atoms with Crippen LogP contribution < -0.4 is 15.4 Å². The summed E-state index contributed by atoms with van der Waals surface area (Å²) < 4.78 is 7.63. The van der Waals surface area contributed by atoms with Crippen LogP contribution in [0.15, 0.2) is 54.6 Å². The Morgan fingerprint density at radius 1 is 1.14 bits per heavy atom. The normalized spacial score (nSPS) is 19.3. The molecule has 2 unspecified atom stereocenters. The van der Waals surface area contributed by atoms with Gasteiger partial charge in [0.2, 0.25) is 0 Å². The number of hydrogen-bond acceptors (Lipinski definition) is 4. The molecule has 0 aliphatic carbocycles. The lowest BCUT2D eigenvalue weighted by molar-refractivity contribution is 0.303. The molecule has 2 heterocycles. The maximum Gasteiger partial charge on any atom is 0.123 e. The molecule has 1 aromatic heterocycles. The van der Waals surface area contributed by atoms with Gasteiger partial charge in [-0.1, -0.05) is 30.3 Å². The highest BCUT2D eigenvalue weighted by atomic mass is 16.5. The monoisotopic (exact) mass is 390 g/mol. The van der Waals surface area contributed by atoms with E-state index in [9.17, 15) is 0 Å². The van der Waals surface area contributed by atoms with Crippen LogP contribution in [0.3, 0.4) is 0 Å². The van der Waals surface area contributed by atoms with Gasteiger partial charge in [-0.15, -0.1) is 0 Å². The summed E-state index contributed by atoms with van der Waals surface area (Å²) >= 11 is 0. The Bertz CT molecular complexity index is 951. The van der Waals surface area contributed by atoms with E-state index in [1.54, 1.807) is 7.11 Å². The Labute approximate surface area is 173 Å². The zero-order valence-corrected chi connectivity index (χ0v) is 17.5. The highest BCUT2D eigenvalue weighted by Crippen LogP contribution is 2.26. The number of ether oxygens (including phenoxy) is 1. The number of aromatic nitrogens is 2. The first kappa shape index (κ1) is 19.7. The lowest BCUT2D eigenvalue weighted by Crippen LogP contribution is -2.45. The lowest BCUT2D eigenvalue weighted by atomic mass is 9.92. The van der Waals surface area contributed by atoms with Crippen LogP contribution in [0.2, 0.25) is 0 Å². The van der Waals surface area contributed by atoms with Crippen molar-refractivity contribution in [2.45, 2.75) is 45.3 Å². The van der Waals surface area contributed by atoms with Gasteiger partial charge in [0.1, 0.15) is 5.75 Å². The highest BCUT2D eigenvalue weighted by molar-refractivity contribution is 5.45. The van der Waals surface area contributed by atoms with Crippen LogP contribution in [0.25, 0.3) is 5.69 Å². The van der Waals surface area contributed by atoms with E-state index in [-0.39, 0.29) is 0 Å². The minimum Gasteiger partial charge on any atom is -0.496 e. The molecule has 152 valence electrons. The SMILES string of the molecule is COc1ccc(-n2nc(C)cc2C)cc1CNC1CCCNC1c1ccccc1. The van der Waals surface area contributed by atoms with Crippen LogP contribution in [-0.4, -0.2) is 29.5 Å². The number of hydrogen-bond donors (Lipinski definition) is 2. The number of piperidine rings is 1. The van der Waals surface area contributed by atoms with Gasteiger partial charge in [0.05, 0.1) is 18.5 Å². The van der Waals surface area contributed by atoms with Crippen LogP contribution in [0.1, 0.15) is 41.4 Å². The minimum atomic E-state index is 0.329. The molecule has 1 aliphatic rings. The van der Waals surface area contributed by atoms with Gasteiger partial charge in [-0.25, -0.2) is 4.68 Å². The van der Waals surface area contributed by atoms with E-state index in [1.165, 1.54) is 12.0 Å². The van der Waals surface area contributed by atoms with Crippen molar-refractivity contribution in [2.24, 2.45) is 0 Å². The maximum atomic E-state index is 5.64. The molecule has 5 heteroatoms. The predicted molar refractivity (Wildman–Crippen MR) is 117 cm³/mol. The van der Waals surface area contributed by atoms with Gasteiger partial charge in [-0.3, -0.25) is 0 Å². The molecule has 1 aliphatic heterocycles. The van der Waals surface area contributed by atoms with Crippen molar-refractivity contribution < 1.29 is 4.74 Å². The molecule has 2 N–H and O–H groups in total. The number of benzene rings is 2. The van der Waals surface area contributed by atoms with Crippen LogP contribution >= 0.6 is 0 Å². The molecule has 0 spiro atoms. The highest BCUT2D eigenvalue weighted by Gasteiger charge is 2.25. The molecule has 0 amide bonds. The molecule has 29 heavy (non-hydrogen) atoms. The Morgan fingerprint density at radius 2 is 1.97 bits per heavy atom. The molecule has 4 rings (SSSR count). The molecule has 0 bridgehead atoms. The maximum absolute atomic E-state index is 5.64. The Balaban J connectivity index is 1.55. The van der Waals surface area contributed by atoms with Gasteiger partial charge in [0, 0.05) is 29.9 Å². The largest absolute Gasteiger partial charge is 0.496 e. The molecule has 0 saturated carbocycles. The van der Waals surface area contributed by atoms with E-state index < -0.39 is 0 Å². The van der Waals surface area contributed by atoms with Gasteiger partial charge < -0.3 is 15.4 Å². The number of nitrogens with zero attached hydrogens (tertiary/aromatic N) is 2. The van der Waals surface area contributed by atoms with Crippen molar-refractivity contribution in [3.63, 3.8) is 0 Å². The number of aryl methyl sites for hydroxylation is 2. The van der Waals surface area contributed by atoms with Gasteiger partial charge in [0.25, 0.3) is 0 Å². The van der Waals surface area contributed by atoms with Crippen LogP contribution in [0.4, 0.5) is 0 Å². The molecule has 2 aromatic carbocycles. The first-order chi connectivity index (χ1) is 14.2. The van der Waals surface area contributed by atoms with Gasteiger partial charge >= 0.3 is 0 Å². The van der Waals surface area contributed by atoms with Crippen LogP contribution in [0, 0.1) is 13.8 Å². The van der Waals surface area contributed by atoms with E-state index in [0.717, 1.165) is 47.9 Å². The second kappa shape index (κ2) is 8.80. The first-order valence-corrected chi connectivity index (χ1v) is 10.4. The van der Waals surface area contributed by atoms with Crippen molar-refractivity contribution in [1.29, 1.82) is 0 Å². The standard InChI is InChI=1S/C24H30N4O/c1-17-14-18(2)28(27-17)21-11-12-23(29-3)20(15-21)16-26-22-10-7-13-25-24(22)19-8-5-4-6-9-19/h4-6,8-9,11-12,14-15,22,24-26H,7,10,13,16H2,1-3H3. The molecule has 3 aromatic rings. The number of nitrogens with one attached hydrogen (secondary N) is 2. The summed E-state index contributed by atoms with van der Waals surface area (Å²) in [7, 11) is 1.73. The summed E-state index contributed by atoms with van der Waals surface area (Å²) in [4.78, 5) is 0. The van der Waals surface area contributed by atoms with Crippen molar-refractivity contribution in [3.8, 4) is 11.4 Å². The second-order valence-corrected chi connectivity index (χ2v) is 7.81. The molecule has 5 nitrogen and oxygen atoms in total. The molecule has 0 radical (unpaired) electrons. The van der Waals surface area contributed by atoms with E-state index in [1.807, 2.05) is 17.7 Å². The fourth-order valence-corrected chi connectivity index (χ4v) is 4.29. The fourth-order valence-electron chi connectivity index (χ4n) is 4.29. The zero-order valence-electron chi connectivity index (χ0n) is 17.5. The summed E-state index contributed by atoms with van der Waals surface area (Å²) in [5, 5.41) is 12.1. The van der Waals surface area contributed by atoms with Gasteiger partial charge in [-0.2, -0.15) is 5.10 Å². The van der Waals surface area contributed by atoms with E-state index in [2.05, 4.69) is 71.2 Å². The van der Waals surface area contributed by atoms with Crippen molar-refractivity contribution >= 4 is 0 Å². The second-order valence-electron chi connectivity index (χ2n) is 7.81. The summed E-state index contributed by atoms with van der Waals surface area (Å²) in [6.07, 6.45) is 2.34. The summed E-state index contributed by atoms with van der Waals surface area (Å²) in [5.41, 5.74) is 5.71. The van der Waals surface area contributed by atoms with Crippen molar-refractivity contribution in [3.05, 3.63) is 77.1 Å². The lowest BCUT2D eigenvalue weighted by Gasteiger charge is -2.34. The smallest absolute Gasteiger partial charge is 0.123 e. The summed E-state index contributed by atoms with van der Waals surface area (Å²) in [6, 6.07) is 19.8. The quantitative estimate of drug-likeness (QED) is 0.666. The third-order valence-electron chi connectivity index (χ3n) is 5.69. The van der Waals surface area contributed by atoms with Crippen molar-refractivity contribution in [1.82, 2.24) is 20.4 Å². The third-order valence-corrected chi connectivity index (χ3v) is 5.69. The average molecular weight is 391 g/mol. The van der Waals surface area contributed by atoms with Gasteiger partial charge in [0.15, 0.2) is 0 Å². The zero-order chi connectivity index (χ0) is 20.2. The van der Waals surface area contributed by atoms with E-state index in [4.69, 9.17) is 4.74 Å². The van der Waals surface area contributed by atoms with Crippen LogP contribution in [-0.2, 0) is 6.54 Å². The topological polar surface area (TPSA) is 51.1 Å². The average Bonchev–Trinajstić information content (AvgIpc) is 3.10. The molecular weight excluding hydrogens is 360 g/mol. The van der Waals surface area contributed by atoms with Crippen molar-refractivity contribution in [2.75, 3.05) is 13.7 Å². The van der Waals surface area contributed by atoms with Crippen LogP contribution in [0.5, 0.6) is 5.75 Å². The minimum absolute atomic E-state index is 0.329. The Morgan fingerprint density at radius 3 is 2.69 bits per heavy atom. The molecular formula is C24H30N4O. The first-order valence-electron chi connectivity index (χ1n) is 10.4. The Kier molecular flexibility index (Phi) is 5.97.